The Morgan fingerprint density at radius 3 is 1.15 bits per heavy atom. The molecule has 0 bridgehead atoms. The third kappa shape index (κ3) is 4.27. The monoisotopic (exact) mass is 776 g/mol. The smallest absolute Gasteiger partial charge is 0.290 e. The Labute approximate surface area is 240 Å². The van der Waals surface area contributed by atoms with Gasteiger partial charge in [-0.05, 0) is 0 Å². The van der Waals surface area contributed by atoms with Gasteiger partial charge in [-0.2, -0.15) is 105 Å². The highest BCUT2D eigenvalue weighted by Crippen LogP contribution is 2.68. The summed E-state index contributed by atoms with van der Waals surface area (Å²) in [4.78, 5) is 12.1. The van der Waals surface area contributed by atoms with Gasteiger partial charge >= 0.3 is 71.3 Å². The lowest BCUT2D eigenvalue weighted by Gasteiger charge is -2.47. The van der Waals surface area contributed by atoms with Crippen LogP contribution in [0.2, 0.25) is 0 Å². The zero-order chi connectivity index (χ0) is 39.0. The molecule has 1 aliphatic rings. The Hall–Kier alpha value is -3.07. The van der Waals surface area contributed by atoms with E-state index in [-0.39, 0.29) is 0 Å². The van der Waals surface area contributed by atoms with Gasteiger partial charge in [0.25, 0.3) is 0 Å². The van der Waals surface area contributed by atoms with Gasteiger partial charge in [-0.25, -0.2) is 17.6 Å². The number of carbonyl (C=O) groups is 1. The normalized spacial score (nSPS) is 21.8. The number of ketones is 1. The van der Waals surface area contributed by atoms with Crippen LogP contribution in [0.25, 0.3) is 0 Å². The molecule has 2 rings (SSSR count). The fourth-order valence-electron chi connectivity index (χ4n) is 3.79. The van der Waals surface area contributed by atoms with Crippen molar-refractivity contribution in [2.24, 2.45) is 0 Å². The molecule has 0 fully saturated rings. The summed E-state index contributed by atoms with van der Waals surface area (Å²) in [6.07, 6.45) is -16.3. The fourth-order valence-corrected chi connectivity index (χ4v) is 3.79. The summed E-state index contributed by atoms with van der Waals surface area (Å²) in [5.41, 5.74) is -23.0. The molecule has 0 spiro atoms. The molecule has 0 aromatic heterocycles. The van der Waals surface area contributed by atoms with Crippen molar-refractivity contribution in [2.75, 3.05) is 0 Å². The Balaban J connectivity index is 3.21. The summed E-state index contributed by atoms with van der Waals surface area (Å²) in [5, 5.41) is 0. The topological polar surface area (TPSA) is 17.1 Å². The van der Waals surface area contributed by atoms with Crippen molar-refractivity contribution in [2.45, 2.75) is 71.3 Å². The summed E-state index contributed by atoms with van der Waals surface area (Å²) in [7, 11) is 0. The molecule has 0 N–H and O–H groups in total. The van der Waals surface area contributed by atoms with Gasteiger partial charge < -0.3 is 0 Å². The molecule has 1 nitrogen and oxygen atoms in total. The summed E-state index contributed by atoms with van der Waals surface area (Å²) in [6.45, 7) is 0. The van der Waals surface area contributed by atoms with Gasteiger partial charge in [-0.1, -0.05) is 0 Å². The van der Waals surface area contributed by atoms with Crippen LogP contribution in [0.5, 0.6) is 0 Å². The van der Waals surface area contributed by atoms with Crippen LogP contribution in [0.1, 0.15) is 21.5 Å². The van der Waals surface area contributed by atoms with Gasteiger partial charge in [0.05, 0.1) is 11.1 Å². The standard InChI is InChI=1S/C19F28O/c20-4-1-2(5(21)6(22)3(4)10(26,27)13(32,33)15(36,37)17(40,41)19(45,46)47)9(24,25)11(28,29)8(23,7(1)48)12(30,31)14(34,35)16(38,39)18(42,43)44. The summed E-state index contributed by atoms with van der Waals surface area (Å²) in [6, 6.07) is 0. The second kappa shape index (κ2) is 10.0. The lowest BCUT2D eigenvalue weighted by molar-refractivity contribution is -0.426. The van der Waals surface area contributed by atoms with Crippen molar-refractivity contribution in [3.8, 4) is 0 Å². The molecule has 0 heterocycles. The van der Waals surface area contributed by atoms with Crippen LogP contribution in [0.15, 0.2) is 0 Å². The van der Waals surface area contributed by atoms with Crippen LogP contribution < -0.4 is 0 Å². The average Bonchev–Trinajstić information content (AvgIpc) is 2.86. The third-order valence-electron chi connectivity index (χ3n) is 6.43. The molecule has 1 unspecified atom stereocenters. The molecule has 48 heavy (non-hydrogen) atoms. The van der Waals surface area contributed by atoms with Gasteiger partial charge in [-0.3, -0.25) is 4.79 Å². The molecule has 29 heteroatoms. The van der Waals surface area contributed by atoms with Crippen molar-refractivity contribution in [3.05, 3.63) is 34.1 Å². The van der Waals surface area contributed by atoms with Crippen molar-refractivity contribution in [1.82, 2.24) is 0 Å². The molecule has 1 aromatic rings. The quantitative estimate of drug-likeness (QED) is 0.199. The van der Waals surface area contributed by atoms with Crippen LogP contribution in [0, 0.1) is 17.5 Å². The zero-order valence-corrected chi connectivity index (χ0v) is 20.5. The number of benzene rings is 1. The van der Waals surface area contributed by atoms with Crippen molar-refractivity contribution in [3.63, 3.8) is 0 Å². The molecular formula is C19F28O. The molecule has 0 saturated heterocycles. The van der Waals surface area contributed by atoms with E-state index in [0.29, 0.717) is 0 Å². The van der Waals surface area contributed by atoms with Gasteiger partial charge in [-0.15, -0.1) is 0 Å². The number of fused-ring (bicyclic) bond motifs is 1. The van der Waals surface area contributed by atoms with Crippen LogP contribution >= 0.6 is 0 Å². The lowest BCUT2D eigenvalue weighted by Crippen LogP contribution is -2.77. The summed E-state index contributed by atoms with van der Waals surface area (Å²) >= 11 is 0. The van der Waals surface area contributed by atoms with Crippen LogP contribution in [0.4, 0.5) is 123 Å². The minimum Gasteiger partial charge on any atom is -0.290 e. The fraction of sp³-hybridized carbons (Fsp3) is 0.632. The van der Waals surface area contributed by atoms with E-state index in [1.807, 2.05) is 0 Å². The number of hydrogen-bond donors (Lipinski definition) is 0. The first-order chi connectivity index (χ1) is 20.5. The highest BCUT2D eigenvalue weighted by Gasteiger charge is 2.96. The minimum absolute atomic E-state index is 4.54. The number of Topliss-reactive ketones (excluding diaryl/α,β-unsaturated/α-hetero) is 1. The number of alkyl halides is 25. The van der Waals surface area contributed by atoms with E-state index >= 15 is 4.39 Å². The third-order valence-corrected chi connectivity index (χ3v) is 6.43. The zero-order valence-electron chi connectivity index (χ0n) is 20.5. The highest BCUT2D eigenvalue weighted by molar-refractivity contribution is 6.07. The molecule has 1 atom stereocenters. The lowest BCUT2D eigenvalue weighted by atomic mass is 9.68. The van der Waals surface area contributed by atoms with E-state index in [2.05, 4.69) is 0 Å². The number of hydrogen-bond acceptors (Lipinski definition) is 1. The minimum atomic E-state index is -9.10. The van der Waals surface area contributed by atoms with Gasteiger partial charge in [0, 0.05) is 0 Å². The Morgan fingerprint density at radius 2 is 0.792 bits per heavy atom. The number of carbonyl (C=O) groups excluding carboxylic acids is 1. The van der Waals surface area contributed by atoms with Gasteiger partial charge in [0.2, 0.25) is 5.78 Å². The maximum atomic E-state index is 15.1. The second-order valence-electron chi connectivity index (χ2n) is 9.22. The molecule has 0 radical (unpaired) electrons. The SMILES string of the molecule is O=C1c2c(F)c(C(F)(F)C(F)(F)C(F)(F)C(F)(F)C(F)(F)F)c(F)c(F)c2C(F)(F)C(F)(F)C1(F)C(F)(F)C(F)(F)C(F)(F)C(F)(F)F. The maximum Gasteiger partial charge on any atom is 0.460 e. The van der Waals surface area contributed by atoms with Crippen LogP contribution in [-0.4, -0.2) is 65.3 Å². The first-order valence-corrected chi connectivity index (χ1v) is 10.5. The van der Waals surface area contributed by atoms with E-state index in [4.69, 9.17) is 0 Å². The van der Waals surface area contributed by atoms with Crippen LogP contribution in [-0.2, 0) is 11.8 Å². The molecule has 0 aliphatic heterocycles. The van der Waals surface area contributed by atoms with Gasteiger partial charge in [0.15, 0.2) is 11.6 Å². The predicted octanol–water partition coefficient (Wildman–Crippen LogP) is 9.76. The number of halogens is 28. The maximum absolute atomic E-state index is 15.1. The van der Waals surface area contributed by atoms with E-state index in [1.165, 1.54) is 0 Å². The molecule has 1 aliphatic carbocycles. The number of rotatable bonds is 7. The van der Waals surface area contributed by atoms with Crippen molar-refractivity contribution >= 4 is 5.78 Å². The Bertz CT molecular complexity index is 1490. The van der Waals surface area contributed by atoms with Gasteiger partial charge in [0.1, 0.15) is 11.4 Å². The largest absolute Gasteiger partial charge is 0.460 e. The summed E-state index contributed by atoms with van der Waals surface area (Å²) in [5.74, 6) is -97.7. The first kappa shape index (κ1) is 41.1. The van der Waals surface area contributed by atoms with Crippen molar-refractivity contribution in [1.29, 1.82) is 0 Å². The van der Waals surface area contributed by atoms with Crippen molar-refractivity contribution < 1.29 is 128 Å². The highest BCUT2D eigenvalue weighted by atomic mass is 19.4. The van der Waals surface area contributed by atoms with E-state index in [1.54, 1.807) is 0 Å². The van der Waals surface area contributed by atoms with E-state index < -0.39 is 111 Å². The second-order valence-corrected chi connectivity index (χ2v) is 9.22. The summed E-state index contributed by atoms with van der Waals surface area (Å²) < 4.78 is 382. The van der Waals surface area contributed by atoms with E-state index in [0.717, 1.165) is 0 Å². The predicted molar refractivity (Wildman–Crippen MR) is 89.0 cm³/mol. The average molecular weight is 776 g/mol. The first-order valence-electron chi connectivity index (χ1n) is 10.5. The molecule has 0 saturated carbocycles. The Morgan fingerprint density at radius 1 is 0.438 bits per heavy atom. The molecule has 0 amide bonds. The Kier molecular flexibility index (Phi) is 8.57. The van der Waals surface area contributed by atoms with E-state index in [9.17, 15) is 123 Å². The molecular weight excluding hydrogens is 776 g/mol. The molecule has 278 valence electrons. The van der Waals surface area contributed by atoms with Crippen LogP contribution in [0.3, 0.4) is 0 Å². The molecule has 1 aromatic carbocycles.